The van der Waals surface area contributed by atoms with Crippen molar-refractivity contribution in [1.82, 2.24) is 15.1 Å². The molecule has 0 bridgehead atoms. The molecule has 0 aliphatic heterocycles. The average Bonchev–Trinajstić information content (AvgIpc) is 2.92. The van der Waals surface area contributed by atoms with Gasteiger partial charge in [-0.2, -0.15) is 18.3 Å². The van der Waals surface area contributed by atoms with E-state index in [4.69, 9.17) is 11.6 Å². The number of amides is 1. The van der Waals surface area contributed by atoms with Gasteiger partial charge in [-0.25, -0.2) is 0 Å². The SMILES string of the molecule is CC(NC(=O)CCCn1cc(Cl)cn1)c1ccc(C(F)(F)F)cc1. The first-order valence-corrected chi connectivity index (χ1v) is 7.78. The van der Waals surface area contributed by atoms with Crippen molar-refractivity contribution >= 4 is 17.5 Å². The maximum absolute atomic E-state index is 12.5. The molecule has 24 heavy (non-hydrogen) atoms. The average molecular weight is 360 g/mol. The maximum Gasteiger partial charge on any atom is 0.416 e. The predicted molar refractivity (Wildman–Crippen MR) is 84.5 cm³/mol. The molecule has 1 heterocycles. The molecule has 2 aromatic rings. The second-order valence-corrected chi connectivity index (χ2v) is 5.87. The van der Waals surface area contributed by atoms with E-state index in [0.717, 1.165) is 12.1 Å². The van der Waals surface area contributed by atoms with Crippen LogP contribution >= 0.6 is 11.6 Å². The number of halogens is 4. The summed E-state index contributed by atoms with van der Waals surface area (Å²) in [5.74, 6) is -0.166. The van der Waals surface area contributed by atoms with Crippen LogP contribution in [0.5, 0.6) is 0 Å². The number of alkyl halides is 3. The summed E-state index contributed by atoms with van der Waals surface area (Å²) in [7, 11) is 0. The highest BCUT2D eigenvalue weighted by Crippen LogP contribution is 2.29. The number of aromatic nitrogens is 2. The highest BCUT2D eigenvalue weighted by Gasteiger charge is 2.30. The molecule has 0 saturated heterocycles. The minimum atomic E-state index is -4.36. The van der Waals surface area contributed by atoms with Crippen molar-refractivity contribution in [2.75, 3.05) is 0 Å². The van der Waals surface area contributed by atoms with Gasteiger partial charge in [0.25, 0.3) is 0 Å². The molecule has 1 amide bonds. The highest BCUT2D eigenvalue weighted by atomic mass is 35.5. The van der Waals surface area contributed by atoms with Crippen molar-refractivity contribution in [2.24, 2.45) is 0 Å². The number of hydrogen-bond acceptors (Lipinski definition) is 2. The third-order valence-corrected chi connectivity index (χ3v) is 3.70. The third-order valence-electron chi connectivity index (χ3n) is 3.51. The number of carbonyl (C=O) groups excluding carboxylic acids is 1. The van der Waals surface area contributed by atoms with E-state index >= 15 is 0 Å². The minimum Gasteiger partial charge on any atom is -0.350 e. The topological polar surface area (TPSA) is 46.9 Å². The van der Waals surface area contributed by atoms with Crippen LogP contribution in [0.1, 0.15) is 36.9 Å². The Morgan fingerprint density at radius 3 is 2.54 bits per heavy atom. The van der Waals surface area contributed by atoms with Gasteiger partial charge in [0.05, 0.1) is 22.8 Å². The van der Waals surface area contributed by atoms with Gasteiger partial charge in [-0.05, 0) is 31.0 Å². The number of carbonyl (C=O) groups is 1. The van der Waals surface area contributed by atoms with Crippen LogP contribution in [0.4, 0.5) is 13.2 Å². The van der Waals surface area contributed by atoms with E-state index in [9.17, 15) is 18.0 Å². The molecule has 1 N–H and O–H groups in total. The Labute approximate surface area is 142 Å². The molecule has 1 aromatic heterocycles. The van der Waals surface area contributed by atoms with E-state index in [-0.39, 0.29) is 11.9 Å². The standard InChI is InChI=1S/C16H17ClF3N3O/c1-11(12-4-6-13(7-5-12)16(18,19)20)22-15(24)3-2-8-23-10-14(17)9-21-23/h4-7,9-11H,2-3,8H2,1H3,(H,22,24). The second-order valence-electron chi connectivity index (χ2n) is 5.43. The Bertz CT molecular complexity index is 683. The molecule has 2 rings (SSSR count). The van der Waals surface area contributed by atoms with Crippen molar-refractivity contribution in [1.29, 1.82) is 0 Å². The molecular weight excluding hydrogens is 343 g/mol. The molecule has 0 saturated carbocycles. The molecular formula is C16H17ClF3N3O. The Hall–Kier alpha value is -2.02. The Balaban J connectivity index is 1.80. The largest absolute Gasteiger partial charge is 0.416 e. The number of rotatable bonds is 6. The fraction of sp³-hybridized carbons (Fsp3) is 0.375. The lowest BCUT2D eigenvalue weighted by atomic mass is 10.1. The van der Waals surface area contributed by atoms with Gasteiger partial charge in [-0.3, -0.25) is 9.48 Å². The summed E-state index contributed by atoms with van der Waals surface area (Å²) in [5.41, 5.74) is -0.0853. The fourth-order valence-corrected chi connectivity index (χ4v) is 2.38. The van der Waals surface area contributed by atoms with Crippen LogP contribution in [0.15, 0.2) is 36.7 Å². The molecule has 1 aromatic carbocycles. The lowest BCUT2D eigenvalue weighted by molar-refractivity contribution is -0.137. The summed E-state index contributed by atoms with van der Waals surface area (Å²) in [5, 5.41) is 7.32. The quantitative estimate of drug-likeness (QED) is 0.839. The zero-order valence-electron chi connectivity index (χ0n) is 13.0. The Morgan fingerprint density at radius 1 is 1.33 bits per heavy atom. The molecule has 1 unspecified atom stereocenters. The van der Waals surface area contributed by atoms with Crippen LogP contribution in [-0.4, -0.2) is 15.7 Å². The Kier molecular flexibility index (Phi) is 5.88. The van der Waals surface area contributed by atoms with E-state index in [2.05, 4.69) is 10.4 Å². The van der Waals surface area contributed by atoms with Crippen molar-refractivity contribution in [3.8, 4) is 0 Å². The smallest absolute Gasteiger partial charge is 0.350 e. The number of benzene rings is 1. The van der Waals surface area contributed by atoms with E-state index < -0.39 is 11.7 Å². The molecule has 0 radical (unpaired) electrons. The maximum atomic E-state index is 12.5. The number of nitrogens with one attached hydrogen (secondary N) is 1. The summed E-state index contributed by atoms with van der Waals surface area (Å²) in [6.07, 6.45) is -0.287. The van der Waals surface area contributed by atoms with Gasteiger partial charge in [0.15, 0.2) is 0 Å². The molecule has 0 aliphatic carbocycles. The van der Waals surface area contributed by atoms with Crippen molar-refractivity contribution < 1.29 is 18.0 Å². The number of hydrogen-bond donors (Lipinski definition) is 1. The van der Waals surface area contributed by atoms with E-state index in [0.29, 0.717) is 30.0 Å². The highest BCUT2D eigenvalue weighted by molar-refractivity contribution is 6.30. The van der Waals surface area contributed by atoms with Crippen LogP contribution in [0.25, 0.3) is 0 Å². The van der Waals surface area contributed by atoms with Crippen molar-refractivity contribution in [2.45, 2.75) is 38.5 Å². The summed E-state index contributed by atoms with van der Waals surface area (Å²) in [6.45, 7) is 2.29. The molecule has 4 nitrogen and oxygen atoms in total. The number of nitrogens with zero attached hydrogens (tertiary/aromatic N) is 2. The van der Waals surface area contributed by atoms with Crippen LogP contribution in [0, 0.1) is 0 Å². The summed E-state index contributed by atoms with van der Waals surface area (Å²) < 4.78 is 39.2. The molecule has 0 fully saturated rings. The van der Waals surface area contributed by atoms with Gasteiger partial charge >= 0.3 is 6.18 Å². The number of aryl methyl sites for hydroxylation is 1. The van der Waals surface area contributed by atoms with Crippen LogP contribution in [0.2, 0.25) is 5.02 Å². The third kappa shape index (κ3) is 5.26. The lowest BCUT2D eigenvalue weighted by Crippen LogP contribution is -2.26. The lowest BCUT2D eigenvalue weighted by Gasteiger charge is -2.15. The van der Waals surface area contributed by atoms with Crippen LogP contribution in [-0.2, 0) is 17.5 Å². The first kappa shape index (κ1) is 18.3. The molecule has 8 heteroatoms. The van der Waals surface area contributed by atoms with Crippen molar-refractivity contribution in [3.63, 3.8) is 0 Å². The van der Waals surface area contributed by atoms with Gasteiger partial charge in [0, 0.05) is 19.2 Å². The molecule has 0 spiro atoms. The van der Waals surface area contributed by atoms with Gasteiger partial charge < -0.3 is 5.32 Å². The van der Waals surface area contributed by atoms with Gasteiger partial charge in [0.1, 0.15) is 0 Å². The summed E-state index contributed by atoms with van der Waals surface area (Å²) in [6, 6.07) is 4.41. The molecule has 0 aliphatic rings. The summed E-state index contributed by atoms with van der Waals surface area (Å²) >= 11 is 5.74. The van der Waals surface area contributed by atoms with Gasteiger partial charge in [0.2, 0.25) is 5.91 Å². The zero-order chi connectivity index (χ0) is 17.7. The zero-order valence-corrected chi connectivity index (χ0v) is 13.7. The van der Waals surface area contributed by atoms with E-state index in [1.165, 1.54) is 18.3 Å². The second kappa shape index (κ2) is 7.70. The van der Waals surface area contributed by atoms with E-state index in [1.54, 1.807) is 17.8 Å². The molecule has 130 valence electrons. The Morgan fingerprint density at radius 2 is 2.00 bits per heavy atom. The molecule has 1 atom stereocenters. The first-order chi connectivity index (χ1) is 11.3. The fourth-order valence-electron chi connectivity index (χ4n) is 2.22. The van der Waals surface area contributed by atoms with Crippen LogP contribution < -0.4 is 5.32 Å². The van der Waals surface area contributed by atoms with Crippen LogP contribution in [0.3, 0.4) is 0 Å². The monoisotopic (exact) mass is 359 g/mol. The first-order valence-electron chi connectivity index (χ1n) is 7.40. The predicted octanol–water partition coefficient (Wildman–Crippen LogP) is 4.21. The van der Waals surface area contributed by atoms with Gasteiger partial charge in [-0.15, -0.1) is 0 Å². The minimum absolute atomic E-state index is 0.166. The van der Waals surface area contributed by atoms with Crippen molar-refractivity contribution in [3.05, 3.63) is 52.8 Å². The van der Waals surface area contributed by atoms with Gasteiger partial charge in [-0.1, -0.05) is 23.7 Å². The van der Waals surface area contributed by atoms with E-state index in [1.807, 2.05) is 0 Å². The normalized spacial score (nSPS) is 12.9. The summed E-state index contributed by atoms with van der Waals surface area (Å²) in [4.78, 5) is 11.9.